The molecule has 1 saturated carbocycles. The van der Waals surface area contributed by atoms with Crippen LogP contribution in [0.15, 0.2) is 12.2 Å². The van der Waals surface area contributed by atoms with Gasteiger partial charge in [0.15, 0.2) is 0 Å². The summed E-state index contributed by atoms with van der Waals surface area (Å²) in [6.45, 7) is 5.03. The van der Waals surface area contributed by atoms with Crippen molar-refractivity contribution in [2.24, 2.45) is 5.92 Å². The van der Waals surface area contributed by atoms with E-state index in [2.05, 4.69) is 11.9 Å². The number of alkyl halides is 1. The Balaban J connectivity index is 2.06. The Kier molecular flexibility index (Phi) is 2.18. The van der Waals surface area contributed by atoms with Gasteiger partial charge in [-0.15, -0.1) is 0 Å². The smallest absolute Gasteiger partial charge is 0.104 e. The third-order valence-electron chi connectivity index (χ3n) is 3.07. The van der Waals surface area contributed by atoms with Crippen LogP contribution in [-0.2, 0) is 0 Å². The topological polar surface area (TPSA) is 12.0 Å². The fourth-order valence-electron chi connectivity index (χ4n) is 2.51. The van der Waals surface area contributed by atoms with Crippen LogP contribution in [0.1, 0.15) is 25.7 Å². The molecule has 0 aromatic carbocycles. The molecule has 2 heteroatoms. The van der Waals surface area contributed by atoms with E-state index in [4.69, 9.17) is 0 Å². The minimum Gasteiger partial charge on any atom is -0.310 e. The molecule has 2 fully saturated rings. The minimum atomic E-state index is -0.626. The molecule has 2 aliphatic rings. The van der Waals surface area contributed by atoms with E-state index < -0.39 is 6.17 Å². The molecule has 3 unspecified atom stereocenters. The van der Waals surface area contributed by atoms with Gasteiger partial charge in [-0.1, -0.05) is 12.2 Å². The summed E-state index contributed by atoms with van der Waals surface area (Å²) in [4.78, 5) is 0. The van der Waals surface area contributed by atoms with Crippen LogP contribution in [0.2, 0.25) is 0 Å². The fraction of sp³-hybridized carbons (Fsp3) is 0.800. The lowest BCUT2D eigenvalue weighted by Gasteiger charge is -2.39. The lowest BCUT2D eigenvalue weighted by Crippen LogP contribution is -2.46. The second-order valence-corrected chi connectivity index (χ2v) is 4.03. The number of halogens is 1. The standard InChI is InChI=1S/C10H16FN/c1-7-5-9(11)6-8-3-2-4-12-10(7)8/h8-10,12H,1-6H2. The molecule has 1 aliphatic heterocycles. The first-order valence-corrected chi connectivity index (χ1v) is 4.82. The van der Waals surface area contributed by atoms with Crippen molar-refractivity contribution >= 4 is 0 Å². The summed E-state index contributed by atoms with van der Waals surface area (Å²) in [7, 11) is 0. The van der Waals surface area contributed by atoms with Crippen molar-refractivity contribution in [3.63, 3.8) is 0 Å². The van der Waals surface area contributed by atoms with Gasteiger partial charge in [0, 0.05) is 12.5 Å². The summed E-state index contributed by atoms with van der Waals surface area (Å²) >= 11 is 0. The van der Waals surface area contributed by atoms with Crippen molar-refractivity contribution in [3.8, 4) is 0 Å². The molecule has 2 rings (SSSR count). The largest absolute Gasteiger partial charge is 0.310 e. The molecule has 1 heterocycles. The Morgan fingerprint density at radius 3 is 3.17 bits per heavy atom. The Morgan fingerprint density at radius 2 is 2.33 bits per heavy atom. The molecule has 1 nitrogen and oxygen atoms in total. The number of piperidine rings is 1. The molecular formula is C10H16FN. The molecule has 1 saturated heterocycles. The summed E-state index contributed by atoms with van der Waals surface area (Å²) in [5, 5.41) is 3.43. The van der Waals surface area contributed by atoms with Crippen molar-refractivity contribution in [1.29, 1.82) is 0 Å². The molecule has 0 aromatic heterocycles. The van der Waals surface area contributed by atoms with Crippen LogP contribution < -0.4 is 5.32 Å². The summed E-state index contributed by atoms with van der Waals surface area (Å²) in [6, 6.07) is 0.422. The van der Waals surface area contributed by atoms with Gasteiger partial charge >= 0.3 is 0 Å². The maximum absolute atomic E-state index is 13.1. The van der Waals surface area contributed by atoms with Gasteiger partial charge < -0.3 is 5.32 Å². The normalized spacial score (nSPS) is 42.4. The molecule has 1 aliphatic carbocycles. The van der Waals surface area contributed by atoms with E-state index in [0.29, 0.717) is 18.4 Å². The third kappa shape index (κ3) is 1.40. The first-order valence-electron chi connectivity index (χ1n) is 4.82. The van der Waals surface area contributed by atoms with Crippen molar-refractivity contribution in [3.05, 3.63) is 12.2 Å². The van der Waals surface area contributed by atoms with Crippen molar-refractivity contribution < 1.29 is 4.39 Å². The van der Waals surface area contributed by atoms with Gasteiger partial charge in [0.05, 0.1) is 0 Å². The SMILES string of the molecule is C=C1CC(F)CC2CCCNC12. The lowest BCUT2D eigenvalue weighted by atomic mass is 9.76. The van der Waals surface area contributed by atoms with Crippen LogP contribution in [0.4, 0.5) is 4.39 Å². The maximum Gasteiger partial charge on any atom is 0.104 e. The number of hydrogen-bond donors (Lipinski definition) is 1. The molecule has 0 aromatic rings. The zero-order valence-corrected chi connectivity index (χ0v) is 7.35. The van der Waals surface area contributed by atoms with E-state index >= 15 is 0 Å². The number of rotatable bonds is 0. The van der Waals surface area contributed by atoms with Gasteiger partial charge in [-0.3, -0.25) is 0 Å². The molecule has 0 radical (unpaired) electrons. The predicted octanol–water partition coefficient (Wildman–Crippen LogP) is 2.04. The molecule has 3 atom stereocenters. The van der Waals surface area contributed by atoms with Gasteiger partial charge in [-0.25, -0.2) is 4.39 Å². The van der Waals surface area contributed by atoms with Crippen LogP contribution in [-0.4, -0.2) is 18.8 Å². The second-order valence-electron chi connectivity index (χ2n) is 4.03. The first kappa shape index (κ1) is 8.24. The van der Waals surface area contributed by atoms with Crippen molar-refractivity contribution in [1.82, 2.24) is 5.32 Å². The van der Waals surface area contributed by atoms with Crippen LogP contribution in [0.25, 0.3) is 0 Å². The monoisotopic (exact) mass is 169 g/mol. The van der Waals surface area contributed by atoms with Gasteiger partial charge in [0.1, 0.15) is 6.17 Å². The summed E-state index contributed by atoms with van der Waals surface area (Å²) in [6.07, 6.45) is 3.07. The Hall–Kier alpha value is -0.370. The van der Waals surface area contributed by atoms with E-state index in [9.17, 15) is 4.39 Å². The molecule has 12 heavy (non-hydrogen) atoms. The molecule has 0 amide bonds. The Bertz CT molecular complexity index is 190. The van der Waals surface area contributed by atoms with E-state index in [1.807, 2.05) is 0 Å². The highest BCUT2D eigenvalue weighted by Crippen LogP contribution is 2.34. The summed E-state index contributed by atoms with van der Waals surface area (Å²) < 4.78 is 13.1. The second kappa shape index (κ2) is 3.17. The third-order valence-corrected chi connectivity index (χ3v) is 3.07. The van der Waals surface area contributed by atoms with Crippen LogP contribution in [0.3, 0.4) is 0 Å². The van der Waals surface area contributed by atoms with Gasteiger partial charge in [-0.05, 0) is 31.7 Å². The minimum absolute atomic E-state index is 0.422. The highest BCUT2D eigenvalue weighted by Gasteiger charge is 2.34. The average Bonchev–Trinajstić information content (AvgIpc) is 2.04. The fourth-order valence-corrected chi connectivity index (χ4v) is 2.51. The zero-order chi connectivity index (χ0) is 8.55. The number of nitrogens with one attached hydrogen (secondary N) is 1. The average molecular weight is 169 g/mol. The van der Waals surface area contributed by atoms with Gasteiger partial charge in [0.25, 0.3) is 0 Å². The van der Waals surface area contributed by atoms with E-state index in [1.54, 1.807) is 0 Å². The quantitative estimate of drug-likeness (QED) is 0.547. The predicted molar refractivity (Wildman–Crippen MR) is 47.8 cm³/mol. The Labute approximate surface area is 73.0 Å². The summed E-state index contributed by atoms with van der Waals surface area (Å²) in [5.74, 6) is 0.523. The van der Waals surface area contributed by atoms with Crippen LogP contribution in [0.5, 0.6) is 0 Å². The van der Waals surface area contributed by atoms with Crippen molar-refractivity contribution in [2.45, 2.75) is 37.9 Å². The molecule has 0 bridgehead atoms. The molecular weight excluding hydrogens is 153 g/mol. The number of fused-ring (bicyclic) bond motifs is 1. The van der Waals surface area contributed by atoms with E-state index in [0.717, 1.165) is 18.5 Å². The Morgan fingerprint density at radius 1 is 1.50 bits per heavy atom. The van der Waals surface area contributed by atoms with Crippen LogP contribution in [0, 0.1) is 5.92 Å². The highest BCUT2D eigenvalue weighted by atomic mass is 19.1. The van der Waals surface area contributed by atoms with E-state index in [-0.39, 0.29) is 0 Å². The van der Waals surface area contributed by atoms with E-state index in [1.165, 1.54) is 12.8 Å². The van der Waals surface area contributed by atoms with Gasteiger partial charge in [0.2, 0.25) is 0 Å². The maximum atomic E-state index is 13.1. The molecule has 68 valence electrons. The lowest BCUT2D eigenvalue weighted by molar-refractivity contribution is 0.173. The summed E-state index contributed by atoms with van der Waals surface area (Å²) in [5.41, 5.74) is 1.08. The highest BCUT2D eigenvalue weighted by molar-refractivity contribution is 5.14. The first-order chi connectivity index (χ1) is 5.77. The van der Waals surface area contributed by atoms with Crippen molar-refractivity contribution in [2.75, 3.05) is 6.54 Å². The zero-order valence-electron chi connectivity index (χ0n) is 7.35. The van der Waals surface area contributed by atoms with Gasteiger partial charge in [-0.2, -0.15) is 0 Å². The molecule has 1 N–H and O–H groups in total. The molecule has 0 spiro atoms. The number of hydrogen-bond acceptors (Lipinski definition) is 1. The van der Waals surface area contributed by atoms with Crippen LogP contribution >= 0.6 is 0 Å².